The number of likely N-dealkylation sites (tertiary alicyclic amines) is 1. The lowest BCUT2D eigenvalue weighted by molar-refractivity contribution is -0.274. The lowest BCUT2D eigenvalue weighted by Crippen LogP contribution is -2.53. The number of benzene rings is 2. The van der Waals surface area contributed by atoms with Crippen molar-refractivity contribution in [1.82, 2.24) is 30.5 Å². The smallest absolute Gasteiger partial charge is 0.453 e. The van der Waals surface area contributed by atoms with E-state index in [4.69, 9.17) is 21.1 Å². The number of hydrogen-bond acceptors (Lipinski definition) is 10. The molecule has 0 bridgehead atoms. The average Bonchev–Trinajstić information content (AvgIpc) is 3.88. The number of amides is 3. The van der Waals surface area contributed by atoms with Crippen LogP contribution in [-0.2, 0) is 14.3 Å². The highest BCUT2D eigenvalue weighted by atomic mass is 35.5. The van der Waals surface area contributed by atoms with Crippen LogP contribution in [0.5, 0.6) is 5.75 Å². The van der Waals surface area contributed by atoms with Gasteiger partial charge in [0.1, 0.15) is 23.4 Å². The number of anilines is 2. The molecule has 59 heavy (non-hydrogen) atoms. The van der Waals surface area contributed by atoms with Crippen molar-refractivity contribution in [2.45, 2.75) is 57.6 Å². The van der Waals surface area contributed by atoms with Crippen molar-refractivity contribution in [3.63, 3.8) is 0 Å². The fourth-order valence-electron chi connectivity index (χ4n) is 8.00. The van der Waals surface area contributed by atoms with Crippen LogP contribution in [0.4, 0.5) is 29.5 Å². The second-order valence-electron chi connectivity index (χ2n) is 15.2. The lowest BCUT2D eigenvalue weighted by atomic mass is 9.90. The van der Waals surface area contributed by atoms with Gasteiger partial charge in [-0.1, -0.05) is 42.8 Å². The van der Waals surface area contributed by atoms with Gasteiger partial charge in [0.2, 0.25) is 5.91 Å². The minimum Gasteiger partial charge on any atom is -0.453 e. The summed E-state index contributed by atoms with van der Waals surface area (Å²) in [6.07, 6.45) is -0.734. The average molecular weight is 839 g/mol. The molecule has 3 saturated heterocycles. The molecule has 3 fully saturated rings. The molecule has 0 unspecified atom stereocenters. The van der Waals surface area contributed by atoms with E-state index in [0.29, 0.717) is 67.4 Å². The number of aromatic nitrogens is 3. The van der Waals surface area contributed by atoms with Crippen LogP contribution in [0.3, 0.4) is 0 Å². The third-order valence-corrected chi connectivity index (χ3v) is 11.3. The number of piperazine rings is 1. The summed E-state index contributed by atoms with van der Waals surface area (Å²) >= 11 is 6.56. The van der Waals surface area contributed by atoms with Crippen molar-refractivity contribution in [3.8, 4) is 28.1 Å². The Morgan fingerprint density at radius 3 is 2.44 bits per heavy atom. The molecule has 4 atom stereocenters. The third-order valence-electron chi connectivity index (χ3n) is 11.0. The minimum atomic E-state index is -5.06. The molecule has 0 aliphatic carbocycles. The van der Waals surface area contributed by atoms with Gasteiger partial charge in [0.05, 0.1) is 47.5 Å². The van der Waals surface area contributed by atoms with Gasteiger partial charge in [-0.2, -0.15) is 0 Å². The number of nitrogens with zero attached hydrogens (tertiary/aromatic N) is 4. The molecule has 2 aromatic heterocycles. The van der Waals surface area contributed by atoms with E-state index < -0.39 is 30.2 Å². The number of aromatic amines is 1. The molecule has 14 nitrogen and oxygen atoms in total. The molecule has 0 spiro atoms. The monoisotopic (exact) mass is 838 g/mol. The molecule has 4 N–H and O–H groups in total. The summed E-state index contributed by atoms with van der Waals surface area (Å²) in [5.41, 5.74) is 1.79. The first-order valence-corrected chi connectivity index (χ1v) is 19.9. The molecule has 0 radical (unpaired) electrons. The van der Waals surface area contributed by atoms with Gasteiger partial charge < -0.3 is 44.9 Å². The van der Waals surface area contributed by atoms with Crippen LogP contribution >= 0.6 is 11.6 Å². The number of hydrogen-bond donors (Lipinski definition) is 4. The fourth-order valence-corrected chi connectivity index (χ4v) is 8.25. The second-order valence-corrected chi connectivity index (χ2v) is 15.6. The van der Waals surface area contributed by atoms with Gasteiger partial charge in [-0.05, 0) is 73.4 Å². The number of alkyl carbamates (subject to hydrolysis) is 1. The van der Waals surface area contributed by atoms with Crippen molar-refractivity contribution >= 4 is 41.0 Å². The lowest BCUT2D eigenvalue weighted by Gasteiger charge is -2.34. The fraction of sp³-hybridized carbons (Fsp3) is 0.439. The normalized spacial score (nSPS) is 20.6. The summed E-state index contributed by atoms with van der Waals surface area (Å²) in [5, 5.41) is 8.66. The van der Waals surface area contributed by atoms with E-state index in [1.54, 1.807) is 47.5 Å². The zero-order valence-electron chi connectivity index (χ0n) is 32.8. The summed E-state index contributed by atoms with van der Waals surface area (Å²) in [4.78, 5) is 56.0. The number of rotatable bonds is 10. The predicted octanol–water partition coefficient (Wildman–Crippen LogP) is 6.80. The standard InChI is InChI=1S/C41H46ClF3N8O6/c1-23-16-33(53(22-23)39(55)36(51-40(56)57-3)27-10-14-58-15-11-27)37-48-21-32(50-37)26-6-4-25(5-7-26)29-17-31(42)30(18-34(29)59-41(43,44)45)38(54)49-28-8-9-35(47-20-28)52-13-12-46-19-24(52)2/h4-9,17-18,20-21,23-24,27,33,36,46H,10-16,19,22H2,1-3H3,(H,48,50)(H,49,54)(H,51,56)/t23-,24+,33-,36-/m0/s1. The molecule has 3 aliphatic heterocycles. The molecular weight excluding hydrogens is 793 g/mol. The summed E-state index contributed by atoms with van der Waals surface area (Å²) in [6, 6.07) is 11.4. The highest BCUT2D eigenvalue weighted by Crippen LogP contribution is 2.40. The zero-order valence-corrected chi connectivity index (χ0v) is 33.5. The van der Waals surface area contributed by atoms with Crippen LogP contribution in [-0.4, -0.2) is 103 Å². The van der Waals surface area contributed by atoms with Gasteiger partial charge in [-0.3, -0.25) is 9.59 Å². The minimum absolute atomic E-state index is 0.0191. The Kier molecular flexibility index (Phi) is 12.6. The van der Waals surface area contributed by atoms with Gasteiger partial charge in [-0.25, -0.2) is 14.8 Å². The van der Waals surface area contributed by atoms with Crippen LogP contribution in [0.2, 0.25) is 5.02 Å². The van der Waals surface area contributed by atoms with Gasteiger partial charge in [-0.15, -0.1) is 13.2 Å². The highest BCUT2D eigenvalue weighted by Gasteiger charge is 2.42. The highest BCUT2D eigenvalue weighted by molar-refractivity contribution is 6.35. The SMILES string of the molecule is COC(=O)N[C@H](C(=O)N1C[C@@H](C)C[C@H]1c1ncc(-c2ccc(-c3cc(Cl)c(C(=O)Nc4ccc(N5CCNC[C@H]5C)nc4)cc3OC(F)(F)F)cc2)[nH]1)C1CCOCC1. The number of alkyl halides is 3. The molecule has 3 amide bonds. The third kappa shape index (κ3) is 9.74. The number of pyridine rings is 1. The molecule has 314 valence electrons. The predicted molar refractivity (Wildman–Crippen MR) is 214 cm³/mol. The maximum absolute atomic E-state index is 14.1. The number of halogens is 4. The van der Waals surface area contributed by atoms with Crippen molar-refractivity contribution in [3.05, 3.63) is 77.3 Å². The molecular formula is C41H46ClF3N8O6. The van der Waals surface area contributed by atoms with Crippen LogP contribution in [0.15, 0.2) is 60.9 Å². The van der Waals surface area contributed by atoms with E-state index >= 15 is 0 Å². The number of imidazole rings is 1. The van der Waals surface area contributed by atoms with Crippen molar-refractivity contribution in [2.75, 3.05) is 56.7 Å². The van der Waals surface area contributed by atoms with E-state index in [2.05, 4.69) is 47.5 Å². The first kappa shape index (κ1) is 41.8. The first-order chi connectivity index (χ1) is 28.3. The van der Waals surface area contributed by atoms with Gasteiger partial charge >= 0.3 is 12.5 Å². The number of carbonyl (C=O) groups excluding carboxylic acids is 3. The molecule has 7 rings (SSSR count). The molecule has 5 heterocycles. The van der Waals surface area contributed by atoms with Crippen LogP contribution in [0, 0.1) is 11.8 Å². The molecule has 2 aromatic carbocycles. The molecule has 18 heteroatoms. The summed E-state index contributed by atoms with van der Waals surface area (Å²) in [5.74, 6) is -0.206. The Morgan fingerprint density at radius 1 is 1.02 bits per heavy atom. The largest absolute Gasteiger partial charge is 0.573 e. The Morgan fingerprint density at radius 2 is 1.76 bits per heavy atom. The summed E-state index contributed by atoms with van der Waals surface area (Å²) < 4.78 is 55.9. The topological polar surface area (TPSA) is 163 Å². The van der Waals surface area contributed by atoms with E-state index in [0.717, 1.165) is 31.5 Å². The maximum Gasteiger partial charge on any atom is 0.573 e. The Bertz CT molecular complexity index is 2130. The number of carbonyl (C=O) groups is 3. The first-order valence-electron chi connectivity index (χ1n) is 19.5. The Balaban J connectivity index is 1.09. The zero-order chi connectivity index (χ0) is 41.8. The quantitative estimate of drug-likeness (QED) is 0.134. The van der Waals surface area contributed by atoms with Gasteiger partial charge in [0, 0.05) is 51.0 Å². The number of H-pyrrole nitrogens is 1. The molecule has 0 saturated carbocycles. The number of nitrogens with one attached hydrogen (secondary N) is 4. The van der Waals surface area contributed by atoms with Gasteiger partial charge in [0.25, 0.3) is 5.91 Å². The second kappa shape index (κ2) is 17.8. The summed E-state index contributed by atoms with van der Waals surface area (Å²) in [7, 11) is 1.26. The van der Waals surface area contributed by atoms with Crippen LogP contribution < -0.4 is 25.6 Å². The molecule has 4 aromatic rings. The van der Waals surface area contributed by atoms with Gasteiger partial charge in [0.15, 0.2) is 0 Å². The van der Waals surface area contributed by atoms with E-state index in [-0.39, 0.29) is 46.0 Å². The van der Waals surface area contributed by atoms with Crippen LogP contribution in [0.1, 0.15) is 55.3 Å². The molecule has 3 aliphatic rings. The van der Waals surface area contributed by atoms with Crippen molar-refractivity contribution < 1.29 is 41.8 Å². The summed E-state index contributed by atoms with van der Waals surface area (Å²) in [6.45, 7) is 8.00. The Labute approximate surface area is 344 Å². The van der Waals surface area contributed by atoms with E-state index in [1.807, 2.05) is 6.92 Å². The van der Waals surface area contributed by atoms with E-state index in [1.165, 1.54) is 19.4 Å². The maximum atomic E-state index is 14.1. The van der Waals surface area contributed by atoms with Crippen molar-refractivity contribution in [2.24, 2.45) is 11.8 Å². The van der Waals surface area contributed by atoms with E-state index in [9.17, 15) is 27.6 Å². The Hall–Kier alpha value is -5.39. The van der Waals surface area contributed by atoms with Crippen LogP contribution in [0.25, 0.3) is 22.4 Å². The van der Waals surface area contributed by atoms with Crippen molar-refractivity contribution in [1.29, 1.82) is 0 Å². The number of ether oxygens (including phenoxy) is 3. The number of methoxy groups -OCH3 is 1.